The highest BCUT2D eigenvalue weighted by molar-refractivity contribution is 5.88. The van der Waals surface area contributed by atoms with Crippen LogP contribution in [0.15, 0.2) is 36.4 Å². The van der Waals surface area contributed by atoms with Gasteiger partial charge in [-0.3, -0.25) is 0 Å². The molecule has 1 aromatic carbocycles. The van der Waals surface area contributed by atoms with Gasteiger partial charge in [0, 0.05) is 6.07 Å². The molecule has 0 amide bonds. The molecule has 2 rings (SSSR count). The van der Waals surface area contributed by atoms with Gasteiger partial charge in [-0.15, -0.1) is 0 Å². The number of carbonyl (C=O) groups is 1. The number of benzene rings is 1. The van der Waals surface area contributed by atoms with Crippen molar-refractivity contribution >= 4 is 5.97 Å². The van der Waals surface area contributed by atoms with Crippen molar-refractivity contribution in [2.75, 3.05) is 0 Å². The number of aromatic carboxylic acids is 1. The average Bonchev–Trinajstić information content (AvgIpc) is 2.32. The first-order chi connectivity index (χ1) is 8.56. The molecule has 1 heterocycles. The van der Waals surface area contributed by atoms with E-state index in [2.05, 4.69) is 4.98 Å². The summed E-state index contributed by atoms with van der Waals surface area (Å²) < 4.78 is 5.54. The number of nitrogens with zero attached hydrogens (tertiary/aromatic N) is 1. The lowest BCUT2D eigenvalue weighted by Crippen LogP contribution is -2.02. The predicted molar refractivity (Wildman–Crippen MR) is 67.2 cm³/mol. The summed E-state index contributed by atoms with van der Waals surface area (Å²) in [5.41, 5.74) is 1.77. The molecule has 18 heavy (non-hydrogen) atoms. The number of aromatic nitrogens is 1. The van der Waals surface area contributed by atoms with E-state index in [4.69, 9.17) is 9.84 Å². The standard InChI is InChI=1S/C14H13NO3/c1-9-3-5-11(6-4-9)18-13-8-7-12(14(16)17)10(2)15-13/h3-8H,1-2H3,(H,16,17). The lowest BCUT2D eigenvalue weighted by atomic mass is 10.2. The van der Waals surface area contributed by atoms with E-state index >= 15 is 0 Å². The number of pyridine rings is 1. The lowest BCUT2D eigenvalue weighted by molar-refractivity contribution is 0.0695. The van der Waals surface area contributed by atoms with E-state index in [0.29, 0.717) is 17.3 Å². The van der Waals surface area contributed by atoms with Crippen LogP contribution < -0.4 is 4.74 Å². The van der Waals surface area contributed by atoms with E-state index in [1.165, 1.54) is 6.07 Å². The number of hydrogen-bond donors (Lipinski definition) is 1. The summed E-state index contributed by atoms with van der Waals surface area (Å²) in [7, 11) is 0. The van der Waals surface area contributed by atoms with Gasteiger partial charge < -0.3 is 9.84 Å². The Bertz CT molecular complexity index is 576. The molecular weight excluding hydrogens is 230 g/mol. The third-order valence-electron chi connectivity index (χ3n) is 2.53. The summed E-state index contributed by atoms with van der Waals surface area (Å²) in [6, 6.07) is 10.6. The molecule has 0 saturated heterocycles. The minimum absolute atomic E-state index is 0.186. The second-order valence-corrected chi connectivity index (χ2v) is 4.00. The summed E-state index contributed by atoms with van der Waals surface area (Å²) in [4.78, 5) is 15.0. The van der Waals surface area contributed by atoms with Gasteiger partial charge in [-0.25, -0.2) is 9.78 Å². The Morgan fingerprint density at radius 1 is 1.11 bits per heavy atom. The molecule has 0 spiro atoms. The second-order valence-electron chi connectivity index (χ2n) is 4.00. The minimum Gasteiger partial charge on any atom is -0.478 e. The van der Waals surface area contributed by atoms with E-state index < -0.39 is 5.97 Å². The summed E-state index contributed by atoms with van der Waals surface area (Å²) in [5, 5.41) is 8.90. The van der Waals surface area contributed by atoms with Crippen LogP contribution in [-0.2, 0) is 0 Å². The Morgan fingerprint density at radius 2 is 1.78 bits per heavy atom. The zero-order valence-corrected chi connectivity index (χ0v) is 10.2. The molecule has 1 N–H and O–H groups in total. The third kappa shape index (κ3) is 2.66. The van der Waals surface area contributed by atoms with Gasteiger partial charge in [-0.2, -0.15) is 0 Å². The average molecular weight is 243 g/mol. The van der Waals surface area contributed by atoms with Crippen molar-refractivity contribution in [3.63, 3.8) is 0 Å². The number of hydrogen-bond acceptors (Lipinski definition) is 3. The van der Waals surface area contributed by atoms with Gasteiger partial charge in [0.1, 0.15) is 5.75 Å². The number of carboxylic acid groups (broad SMARTS) is 1. The molecule has 0 atom stereocenters. The Morgan fingerprint density at radius 3 is 2.33 bits per heavy atom. The van der Waals surface area contributed by atoms with E-state index in [1.807, 2.05) is 31.2 Å². The van der Waals surface area contributed by atoms with Crippen LogP contribution in [0.2, 0.25) is 0 Å². The zero-order chi connectivity index (χ0) is 13.1. The van der Waals surface area contributed by atoms with E-state index in [0.717, 1.165) is 5.56 Å². The molecule has 0 radical (unpaired) electrons. The smallest absolute Gasteiger partial charge is 0.337 e. The molecular formula is C14H13NO3. The van der Waals surface area contributed by atoms with E-state index in [-0.39, 0.29) is 5.56 Å². The zero-order valence-electron chi connectivity index (χ0n) is 10.2. The maximum atomic E-state index is 10.8. The summed E-state index contributed by atoms with van der Waals surface area (Å²) in [6.45, 7) is 3.64. The second kappa shape index (κ2) is 4.87. The predicted octanol–water partition coefficient (Wildman–Crippen LogP) is 3.19. The Labute approximate surface area is 105 Å². The highest BCUT2D eigenvalue weighted by Gasteiger charge is 2.09. The van der Waals surface area contributed by atoms with Crippen molar-refractivity contribution in [2.24, 2.45) is 0 Å². The Balaban J connectivity index is 2.22. The van der Waals surface area contributed by atoms with Gasteiger partial charge >= 0.3 is 5.97 Å². The normalized spacial score (nSPS) is 10.1. The van der Waals surface area contributed by atoms with Crippen LogP contribution in [0.3, 0.4) is 0 Å². The summed E-state index contributed by atoms with van der Waals surface area (Å²) in [6.07, 6.45) is 0. The van der Waals surface area contributed by atoms with Crippen molar-refractivity contribution in [1.29, 1.82) is 0 Å². The number of ether oxygens (including phenoxy) is 1. The van der Waals surface area contributed by atoms with Crippen LogP contribution in [0.1, 0.15) is 21.6 Å². The largest absolute Gasteiger partial charge is 0.478 e. The Kier molecular flexibility index (Phi) is 3.28. The van der Waals surface area contributed by atoms with Crippen LogP contribution in [0, 0.1) is 13.8 Å². The maximum Gasteiger partial charge on any atom is 0.337 e. The fourth-order valence-corrected chi connectivity index (χ4v) is 1.55. The van der Waals surface area contributed by atoms with Crippen LogP contribution in [0.25, 0.3) is 0 Å². The van der Waals surface area contributed by atoms with Crippen LogP contribution in [-0.4, -0.2) is 16.1 Å². The molecule has 0 aliphatic rings. The molecule has 2 aromatic rings. The first kappa shape index (κ1) is 12.1. The number of rotatable bonds is 3. The minimum atomic E-state index is -0.984. The van der Waals surface area contributed by atoms with E-state index in [9.17, 15) is 4.79 Å². The van der Waals surface area contributed by atoms with E-state index in [1.54, 1.807) is 13.0 Å². The van der Waals surface area contributed by atoms with Gasteiger partial charge in [-0.05, 0) is 32.0 Å². The molecule has 4 nitrogen and oxygen atoms in total. The molecule has 0 aliphatic carbocycles. The lowest BCUT2D eigenvalue weighted by Gasteiger charge is -2.07. The van der Waals surface area contributed by atoms with Gasteiger partial charge in [0.05, 0.1) is 11.3 Å². The topological polar surface area (TPSA) is 59.4 Å². The van der Waals surface area contributed by atoms with Gasteiger partial charge in [0.2, 0.25) is 5.88 Å². The molecule has 1 aromatic heterocycles. The van der Waals surface area contributed by atoms with Crippen LogP contribution in [0.5, 0.6) is 11.6 Å². The fraction of sp³-hybridized carbons (Fsp3) is 0.143. The molecule has 0 aliphatic heterocycles. The molecule has 0 bridgehead atoms. The fourth-order valence-electron chi connectivity index (χ4n) is 1.55. The molecule has 0 fully saturated rings. The molecule has 92 valence electrons. The van der Waals surface area contributed by atoms with Crippen molar-refractivity contribution in [2.45, 2.75) is 13.8 Å². The van der Waals surface area contributed by atoms with Crippen LogP contribution >= 0.6 is 0 Å². The molecule has 4 heteroatoms. The summed E-state index contributed by atoms with van der Waals surface area (Å²) >= 11 is 0. The SMILES string of the molecule is Cc1ccc(Oc2ccc(C(=O)O)c(C)n2)cc1. The first-order valence-corrected chi connectivity index (χ1v) is 5.52. The quantitative estimate of drug-likeness (QED) is 0.899. The van der Waals surface area contributed by atoms with Crippen molar-refractivity contribution < 1.29 is 14.6 Å². The maximum absolute atomic E-state index is 10.8. The highest BCUT2D eigenvalue weighted by Crippen LogP contribution is 2.21. The Hall–Kier alpha value is -2.36. The van der Waals surface area contributed by atoms with Crippen molar-refractivity contribution in [3.05, 3.63) is 53.2 Å². The molecule has 0 saturated carbocycles. The highest BCUT2D eigenvalue weighted by atomic mass is 16.5. The van der Waals surface area contributed by atoms with Gasteiger partial charge in [0.25, 0.3) is 0 Å². The van der Waals surface area contributed by atoms with Crippen LogP contribution in [0.4, 0.5) is 0 Å². The summed E-state index contributed by atoms with van der Waals surface area (Å²) in [5.74, 6) is 0.0822. The third-order valence-corrected chi connectivity index (χ3v) is 2.53. The number of carboxylic acids is 1. The first-order valence-electron chi connectivity index (χ1n) is 5.52. The number of aryl methyl sites for hydroxylation is 2. The van der Waals surface area contributed by atoms with Gasteiger partial charge in [-0.1, -0.05) is 17.7 Å². The van der Waals surface area contributed by atoms with Gasteiger partial charge in [0.15, 0.2) is 0 Å². The van der Waals surface area contributed by atoms with Crippen molar-refractivity contribution in [1.82, 2.24) is 4.98 Å². The monoisotopic (exact) mass is 243 g/mol. The molecule has 0 unspecified atom stereocenters. The van der Waals surface area contributed by atoms with Crippen molar-refractivity contribution in [3.8, 4) is 11.6 Å².